The molecule has 1 N–H and O–H groups in total. The first-order chi connectivity index (χ1) is 16.4. The number of benzene rings is 1. The first-order valence-electron chi connectivity index (χ1n) is 10.1. The molecule has 15 heteroatoms. The van der Waals surface area contributed by atoms with Gasteiger partial charge < -0.3 is 4.74 Å². The number of aromatic nitrogens is 3. The minimum absolute atomic E-state index is 0.000669. The van der Waals surface area contributed by atoms with Crippen molar-refractivity contribution < 1.29 is 40.7 Å². The van der Waals surface area contributed by atoms with Crippen LogP contribution in [0.2, 0.25) is 0 Å². The molecular weight excluding hydrogens is 486 g/mol. The van der Waals surface area contributed by atoms with Crippen LogP contribution in [0, 0.1) is 0 Å². The van der Waals surface area contributed by atoms with Gasteiger partial charge >= 0.3 is 12.4 Å². The van der Waals surface area contributed by atoms with E-state index in [1.54, 1.807) is 4.90 Å². The minimum atomic E-state index is -5.02. The molecule has 9 nitrogen and oxygen atoms in total. The Morgan fingerprint density at radius 2 is 1.69 bits per heavy atom. The Hall–Kier alpha value is -3.30. The molecule has 0 radical (unpaired) electrons. The van der Waals surface area contributed by atoms with E-state index in [1.807, 2.05) is 0 Å². The molecule has 0 spiro atoms. The molecule has 190 valence electrons. The van der Waals surface area contributed by atoms with Crippen molar-refractivity contribution in [2.24, 2.45) is 0 Å². The molecular formula is C20H20F6N6O3. The lowest BCUT2D eigenvalue weighted by atomic mass is 10.0. The summed E-state index contributed by atoms with van der Waals surface area (Å²) in [6.07, 6.45) is -7.04. The van der Waals surface area contributed by atoms with Gasteiger partial charge in [-0.15, -0.1) is 5.10 Å². The number of carbonyl (C=O) groups excluding carboxylic acids is 2. The molecule has 0 atom stereocenters. The van der Waals surface area contributed by atoms with E-state index in [9.17, 15) is 35.9 Å². The molecule has 35 heavy (non-hydrogen) atoms. The fraction of sp³-hybridized carbons (Fsp3) is 0.400. The number of hydrogen-bond donors (Lipinski definition) is 1. The van der Waals surface area contributed by atoms with Crippen LogP contribution in [0.3, 0.4) is 0 Å². The van der Waals surface area contributed by atoms with Crippen LogP contribution in [0.25, 0.3) is 17.6 Å². The summed E-state index contributed by atoms with van der Waals surface area (Å²) >= 11 is 0. The zero-order chi connectivity index (χ0) is 25.8. The summed E-state index contributed by atoms with van der Waals surface area (Å²) in [5.74, 6) is -1.74. The van der Waals surface area contributed by atoms with Crippen LogP contribution >= 0.6 is 0 Å². The SMILES string of the molecule is CNN(C(=O)/C=C\n1cnc(-c2cc(C(F)(F)F)cc(C(F)(F)F)c2)n1)C(=O)CN1CCOCC1. The maximum absolute atomic E-state index is 13.1. The number of imide groups is 1. The third kappa shape index (κ3) is 6.86. The molecule has 1 aromatic carbocycles. The lowest BCUT2D eigenvalue weighted by Crippen LogP contribution is -2.50. The Balaban J connectivity index is 1.76. The van der Waals surface area contributed by atoms with E-state index < -0.39 is 46.7 Å². The fourth-order valence-electron chi connectivity index (χ4n) is 3.16. The predicted molar refractivity (Wildman–Crippen MR) is 109 cm³/mol. The van der Waals surface area contributed by atoms with Gasteiger partial charge in [0, 0.05) is 38.0 Å². The number of morpholine rings is 1. The van der Waals surface area contributed by atoms with Gasteiger partial charge in [0.15, 0.2) is 5.82 Å². The van der Waals surface area contributed by atoms with Gasteiger partial charge in [-0.3, -0.25) is 14.5 Å². The van der Waals surface area contributed by atoms with E-state index in [1.165, 1.54) is 7.05 Å². The van der Waals surface area contributed by atoms with Crippen LogP contribution in [-0.2, 0) is 26.7 Å². The van der Waals surface area contributed by atoms with Crippen molar-refractivity contribution in [2.45, 2.75) is 12.4 Å². The number of hydrogen-bond acceptors (Lipinski definition) is 7. The van der Waals surface area contributed by atoms with Crippen LogP contribution in [0.1, 0.15) is 11.1 Å². The molecule has 1 aliphatic rings. The van der Waals surface area contributed by atoms with Crippen molar-refractivity contribution in [2.75, 3.05) is 39.9 Å². The van der Waals surface area contributed by atoms with Gasteiger partial charge in [-0.2, -0.15) is 26.3 Å². The Morgan fingerprint density at radius 3 is 2.23 bits per heavy atom. The molecule has 0 aliphatic carbocycles. The summed E-state index contributed by atoms with van der Waals surface area (Å²) < 4.78 is 84.6. The van der Waals surface area contributed by atoms with Gasteiger partial charge in [0.1, 0.15) is 6.33 Å². The Morgan fingerprint density at radius 1 is 1.09 bits per heavy atom. The van der Waals surface area contributed by atoms with Gasteiger partial charge in [-0.05, 0) is 18.2 Å². The normalized spacial score (nSPS) is 15.5. The van der Waals surface area contributed by atoms with Crippen molar-refractivity contribution in [3.8, 4) is 11.4 Å². The van der Waals surface area contributed by atoms with E-state index in [-0.39, 0.29) is 12.6 Å². The van der Waals surface area contributed by atoms with Crippen molar-refractivity contribution >= 4 is 18.0 Å². The van der Waals surface area contributed by atoms with Crippen LogP contribution in [-0.4, -0.2) is 76.4 Å². The molecule has 0 bridgehead atoms. The van der Waals surface area contributed by atoms with E-state index in [4.69, 9.17) is 4.74 Å². The molecule has 2 aromatic rings. The van der Waals surface area contributed by atoms with Crippen LogP contribution < -0.4 is 5.43 Å². The molecule has 0 unspecified atom stereocenters. The fourth-order valence-corrected chi connectivity index (χ4v) is 3.16. The summed E-state index contributed by atoms with van der Waals surface area (Å²) in [6, 6.07) is 0.993. The lowest BCUT2D eigenvalue weighted by Gasteiger charge is -2.28. The zero-order valence-electron chi connectivity index (χ0n) is 18.2. The van der Waals surface area contributed by atoms with Crippen molar-refractivity contribution in [3.05, 3.63) is 41.7 Å². The van der Waals surface area contributed by atoms with E-state index >= 15 is 0 Å². The first kappa shape index (κ1) is 26.3. The molecule has 2 heterocycles. The number of halogens is 6. The average Bonchev–Trinajstić information content (AvgIpc) is 3.26. The van der Waals surface area contributed by atoms with Gasteiger partial charge in [0.05, 0.1) is 30.9 Å². The molecule has 3 rings (SSSR count). The highest BCUT2D eigenvalue weighted by atomic mass is 19.4. The lowest BCUT2D eigenvalue weighted by molar-refractivity contribution is -0.147. The highest BCUT2D eigenvalue weighted by Crippen LogP contribution is 2.38. The molecule has 0 saturated carbocycles. The van der Waals surface area contributed by atoms with Gasteiger partial charge in [0.25, 0.3) is 11.8 Å². The highest BCUT2D eigenvalue weighted by Gasteiger charge is 2.37. The second-order valence-electron chi connectivity index (χ2n) is 7.34. The van der Waals surface area contributed by atoms with Crippen molar-refractivity contribution in [3.63, 3.8) is 0 Å². The summed E-state index contributed by atoms with van der Waals surface area (Å²) in [5.41, 5.74) is -1.06. The number of alkyl halides is 6. The predicted octanol–water partition coefficient (Wildman–Crippen LogP) is 2.28. The van der Waals surface area contributed by atoms with Crippen molar-refractivity contribution in [1.29, 1.82) is 0 Å². The Labute approximate surface area is 194 Å². The maximum atomic E-state index is 13.1. The smallest absolute Gasteiger partial charge is 0.379 e. The molecule has 1 aromatic heterocycles. The molecule has 1 fully saturated rings. The topological polar surface area (TPSA) is 92.6 Å². The first-order valence-corrected chi connectivity index (χ1v) is 10.1. The van der Waals surface area contributed by atoms with Crippen LogP contribution in [0.4, 0.5) is 26.3 Å². The third-order valence-corrected chi connectivity index (χ3v) is 4.88. The van der Waals surface area contributed by atoms with Gasteiger partial charge in [-0.1, -0.05) is 0 Å². The van der Waals surface area contributed by atoms with Crippen LogP contribution in [0.15, 0.2) is 30.6 Å². The quantitative estimate of drug-likeness (QED) is 0.365. The summed E-state index contributed by atoms with van der Waals surface area (Å²) in [7, 11) is 1.36. The van der Waals surface area contributed by atoms with E-state index in [0.717, 1.165) is 28.3 Å². The standard InChI is InChI=1S/C20H20F6N6O3/c1-27-32(17(34)11-30-4-6-35-7-5-30)16(33)2-3-31-12-28-18(29-31)13-8-14(19(21,22)23)10-15(9-13)20(24,25)26/h2-3,8-10,12,27H,4-7,11H2,1H3/b3-2-. The van der Waals surface area contributed by atoms with Gasteiger partial charge in [0.2, 0.25) is 0 Å². The molecule has 2 amide bonds. The summed E-state index contributed by atoms with van der Waals surface area (Å²) in [6.45, 7) is 1.95. The molecule has 1 saturated heterocycles. The Bertz CT molecular complexity index is 1060. The average molecular weight is 506 g/mol. The van der Waals surface area contributed by atoms with Crippen molar-refractivity contribution in [1.82, 2.24) is 30.1 Å². The Kier molecular flexibility index (Phi) is 7.92. The van der Waals surface area contributed by atoms with Crippen LogP contribution in [0.5, 0.6) is 0 Å². The summed E-state index contributed by atoms with van der Waals surface area (Å²) in [4.78, 5) is 30.4. The number of ether oxygens (including phenoxy) is 1. The largest absolute Gasteiger partial charge is 0.416 e. The maximum Gasteiger partial charge on any atom is 0.416 e. The number of nitrogens with zero attached hydrogens (tertiary/aromatic N) is 5. The highest BCUT2D eigenvalue weighted by molar-refractivity contribution is 6.02. The third-order valence-electron chi connectivity index (χ3n) is 4.88. The zero-order valence-corrected chi connectivity index (χ0v) is 18.2. The monoisotopic (exact) mass is 506 g/mol. The number of amides is 2. The molecule has 1 aliphatic heterocycles. The minimum Gasteiger partial charge on any atom is -0.379 e. The number of carbonyl (C=O) groups is 2. The van der Waals surface area contributed by atoms with E-state index in [2.05, 4.69) is 15.5 Å². The second kappa shape index (κ2) is 10.5. The summed E-state index contributed by atoms with van der Waals surface area (Å²) in [5, 5.41) is 4.56. The number of hydrazine groups is 1. The number of nitrogens with one attached hydrogen (secondary N) is 1. The number of rotatable bonds is 6. The van der Waals surface area contributed by atoms with Gasteiger partial charge in [-0.25, -0.2) is 20.1 Å². The van der Waals surface area contributed by atoms with E-state index in [0.29, 0.717) is 38.4 Å². The second-order valence-corrected chi connectivity index (χ2v) is 7.34.